The van der Waals surface area contributed by atoms with E-state index in [0.29, 0.717) is 0 Å². The average Bonchev–Trinajstić information content (AvgIpc) is 2.35. The fourth-order valence-electron chi connectivity index (χ4n) is 2.38. The number of halogens is 6. The summed E-state index contributed by atoms with van der Waals surface area (Å²) in [6.07, 6.45) is -9.24. The van der Waals surface area contributed by atoms with Crippen LogP contribution in [0.1, 0.15) is 22.3 Å². The Kier molecular flexibility index (Phi) is 3.98. The topological polar surface area (TPSA) is 0 Å². The Morgan fingerprint density at radius 3 is 1.95 bits per heavy atom. The maximum absolute atomic E-state index is 13.1. The molecule has 0 aliphatic carbocycles. The van der Waals surface area contributed by atoms with E-state index >= 15 is 0 Å². The maximum atomic E-state index is 13.1. The molecule has 0 unspecified atom stereocenters. The van der Waals surface area contributed by atoms with Crippen LogP contribution in [-0.2, 0) is 12.4 Å². The standard InChI is InChI=1S/C16H12F6/c1-9-6-11(8-12(7-9)15(17,18)19)14-10(2)4-3-5-13(14)16(20,21)22/h3-8H,1-2H3. The van der Waals surface area contributed by atoms with E-state index in [0.717, 1.165) is 18.2 Å². The van der Waals surface area contributed by atoms with Gasteiger partial charge >= 0.3 is 12.4 Å². The second kappa shape index (κ2) is 5.34. The van der Waals surface area contributed by atoms with E-state index in [1.54, 1.807) is 0 Å². The van der Waals surface area contributed by atoms with E-state index in [4.69, 9.17) is 0 Å². The Hall–Kier alpha value is -1.98. The van der Waals surface area contributed by atoms with Crippen molar-refractivity contribution < 1.29 is 26.3 Å². The Bertz CT molecular complexity index is 695. The zero-order valence-electron chi connectivity index (χ0n) is 11.7. The molecular formula is C16H12F6. The van der Waals surface area contributed by atoms with Crippen molar-refractivity contribution in [3.63, 3.8) is 0 Å². The third-order valence-electron chi connectivity index (χ3n) is 3.27. The number of alkyl halides is 6. The first-order chi connectivity index (χ1) is 10.00. The van der Waals surface area contributed by atoms with Crippen LogP contribution in [0.2, 0.25) is 0 Å². The quantitative estimate of drug-likeness (QED) is 0.565. The van der Waals surface area contributed by atoms with Crippen LogP contribution in [0.5, 0.6) is 0 Å². The van der Waals surface area contributed by atoms with Crippen LogP contribution >= 0.6 is 0 Å². The summed E-state index contributed by atoms with van der Waals surface area (Å²) in [5, 5.41) is 0. The molecule has 0 nitrogen and oxygen atoms in total. The molecular weight excluding hydrogens is 306 g/mol. The molecule has 0 bridgehead atoms. The van der Waals surface area contributed by atoms with Gasteiger partial charge in [-0.15, -0.1) is 0 Å². The summed E-state index contributed by atoms with van der Waals surface area (Å²) in [7, 11) is 0. The minimum atomic E-state index is -4.64. The smallest absolute Gasteiger partial charge is 0.166 e. The van der Waals surface area contributed by atoms with E-state index in [9.17, 15) is 26.3 Å². The fraction of sp³-hybridized carbons (Fsp3) is 0.250. The lowest BCUT2D eigenvalue weighted by Gasteiger charge is -2.17. The molecule has 0 aromatic heterocycles. The van der Waals surface area contributed by atoms with Crippen LogP contribution < -0.4 is 0 Å². The van der Waals surface area contributed by atoms with Crippen molar-refractivity contribution in [1.29, 1.82) is 0 Å². The molecule has 0 fully saturated rings. The van der Waals surface area contributed by atoms with Gasteiger partial charge in [0.1, 0.15) is 0 Å². The summed E-state index contributed by atoms with van der Waals surface area (Å²) in [6.45, 7) is 2.87. The van der Waals surface area contributed by atoms with Gasteiger partial charge in [0.25, 0.3) is 0 Å². The molecule has 0 aliphatic heterocycles. The van der Waals surface area contributed by atoms with Crippen molar-refractivity contribution in [2.24, 2.45) is 0 Å². The summed E-state index contributed by atoms with van der Waals surface area (Å²) < 4.78 is 78.0. The van der Waals surface area contributed by atoms with E-state index < -0.39 is 23.5 Å². The lowest BCUT2D eigenvalue weighted by molar-refractivity contribution is -0.137. The second-order valence-corrected chi connectivity index (χ2v) is 5.08. The molecule has 0 heterocycles. The molecule has 0 saturated heterocycles. The zero-order valence-corrected chi connectivity index (χ0v) is 11.7. The molecule has 0 radical (unpaired) electrons. The highest BCUT2D eigenvalue weighted by molar-refractivity contribution is 5.73. The predicted octanol–water partition coefficient (Wildman–Crippen LogP) is 6.01. The predicted molar refractivity (Wildman–Crippen MR) is 71.4 cm³/mol. The Labute approximate surface area is 123 Å². The second-order valence-electron chi connectivity index (χ2n) is 5.08. The first-order valence-corrected chi connectivity index (χ1v) is 6.36. The van der Waals surface area contributed by atoms with Crippen molar-refractivity contribution in [3.05, 3.63) is 58.7 Å². The maximum Gasteiger partial charge on any atom is 0.417 e. The number of benzene rings is 2. The summed E-state index contributed by atoms with van der Waals surface area (Å²) in [5.41, 5.74) is -1.68. The summed E-state index contributed by atoms with van der Waals surface area (Å²) in [6, 6.07) is 6.55. The molecule has 2 aromatic carbocycles. The Balaban J connectivity index is 2.75. The fourth-order valence-corrected chi connectivity index (χ4v) is 2.38. The summed E-state index contributed by atoms with van der Waals surface area (Å²) >= 11 is 0. The molecule has 0 amide bonds. The first-order valence-electron chi connectivity index (χ1n) is 6.36. The number of hydrogen-bond donors (Lipinski definition) is 0. The minimum absolute atomic E-state index is 0.0854. The lowest BCUT2D eigenvalue weighted by atomic mass is 9.92. The van der Waals surface area contributed by atoms with Crippen LogP contribution in [0.25, 0.3) is 11.1 Å². The molecule has 0 N–H and O–H groups in total. The summed E-state index contributed by atoms with van der Waals surface area (Å²) in [5.74, 6) is 0. The van der Waals surface area contributed by atoms with Crippen LogP contribution in [-0.4, -0.2) is 0 Å². The van der Waals surface area contributed by atoms with Gasteiger partial charge in [-0.3, -0.25) is 0 Å². The van der Waals surface area contributed by atoms with Gasteiger partial charge in [-0.25, -0.2) is 0 Å². The summed E-state index contributed by atoms with van der Waals surface area (Å²) in [4.78, 5) is 0. The van der Waals surface area contributed by atoms with E-state index in [2.05, 4.69) is 0 Å². The van der Waals surface area contributed by atoms with Gasteiger partial charge in [-0.2, -0.15) is 26.3 Å². The van der Waals surface area contributed by atoms with Gasteiger partial charge in [0.05, 0.1) is 11.1 Å². The number of aryl methyl sites for hydroxylation is 2. The molecule has 118 valence electrons. The largest absolute Gasteiger partial charge is 0.417 e. The van der Waals surface area contributed by atoms with Crippen LogP contribution in [0, 0.1) is 13.8 Å². The first kappa shape index (κ1) is 16.4. The highest BCUT2D eigenvalue weighted by Crippen LogP contribution is 2.41. The van der Waals surface area contributed by atoms with E-state index in [1.807, 2.05) is 0 Å². The van der Waals surface area contributed by atoms with Crippen LogP contribution in [0.3, 0.4) is 0 Å². The van der Waals surface area contributed by atoms with E-state index in [1.165, 1.54) is 32.0 Å². The van der Waals surface area contributed by atoms with Gasteiger partial charge in [-0.1, -0.05) is 18.2 Å². The van der Waals surface area contributed by atoms with Crippen LogP contribution in [0.15, 0.2) is 36.4 Å². The molecule has 22 heavy (non-hydrogen) atoms. The van der Waals surface area contributed by atoms with Crippen molar-refractivity contribution >= 4 is 0 Å². The minimum Gasteiger partial charge on any atom is -0.166 e. The van der Waals surface area contributed by atoms with Gasteiger partial charge < -0.3 is 0 Å². The molecule has 2 rings (SSSR count). The zero-order chi connectivity index (χ0) is 16.7. The SMILES string of the molecule is Cc1cc(-c2c(C)cccc2C(F)(F)F)cc(C(F)(F)F)c1. The highest BCUT2D eigenvalue weighted by Gasteiger charge is 2.35. The average molecular weight is 318 g/mol. The molecule has 0 spiro atoms. The van der Waals surface area contributed by atoms with Gasteiger partial charge in [0.2, 0.25) is 0 Å². The normalized spacial score (nSPS) is 12.5. The Morgan fingerprint density at radius 1 is 0.773 bits per heavy atom. The molecule has 0 saturated carbocycles. The van der Waals surface area contributed by atoms with Crippen molar-refractivity contribution in [2.75, 3.05) is 0 Å². The molecule has 0 aliphatic rings. The molecule has 0 atom stereocenters. The number of rotatable bonds is 1. The van der Waals surface area contributed by atoms with E-state index in [-0.39, 0.29) is 22.3 Å². The third-order valence-corrected chi connectivity index (χ3v) is 3.27. The Morgan fingerprint density at radius 2 is 1.41 bits per heavy atom. The van der Waals surface area contributed by atoms with Crippen molar-refractivity contribution in [3.8, 4) is 11.1 Å². The van der Waals surface area contributed by atoms with Crippen molar-refractivity contribution in [2.45, 2.75) is 26.2 Å². The monoisotopic (exact) mass is 318 g/mol. The van der Waals surface area contributed by atoms with Gasteiger partial charge in [0.15, 0.2) is 0 Å². The number of hydrogen-bond acceptors (Lipinski definition) is 0. The van der Waals surface area contributed by atoms with Crippen molar-refractivity contribution in [1.82, 2.24) is 0 Å². The van der Waals surface area contributed by atoms with Crippen LogP contribution in [0.4, 0.5) is 26.3 Å². The highest BCUT2D eigenvalue weighted by atomic mass is 19.4. The molecule has 2 aromatic rings. The molecule has 6 heteroatoms. The third kappa shape index (κ3) is 3.26. The van der Waals surface area contributed by atoms with Gasteiger partial charge in [0, 0.05) is 0 Å². The lowest BCUT2D eigenvalue weighted by Crippen LogP contribution is -2.09. The van der Waals surface area contributed by atoms with Gasteiger partial charge in [-0.05, 0) is 54.3 Å².